The first kappa shape index (κ1) is 16.2. The molecule has 0 aliphatic heterocycles. The lowest BCUT2D eigenvalue weighted by molar-refractivity contribution is 0.0549. The summed E-state index contributed by atoms with van der Waals surface area (Å²) in [6.07, 6.45) is 5.52. The van der Waals surface area contributed by atoms with Crippen LogP contribution in [0.2, 0.25) is 0 Å². The normalized spacial score (nSPS) is 19.5. The first-order valence-corrected chi connectivity index (χ1v) is 7.53. The summed E-state index contributed by atoms with van der Waals surface area (Å²) in [4.78, 5) is 2.19. The van der Waals surface area contributed by atoms with Crippen LogP contribution in [0.3, 0.4) is 0 Å². The van der Waals surface area contributed by atoms with E-state index in [0.29, 0.717) is 5.56 Å². The molecular weight excluding hydrogens is 269 g/mol. The van der Waals surface area contributed by atoms with Gasteiger partial charge in [0.05, 0.1) is 13.2 Å². The summed E-state index contributed by atoms with van der Waals surface area (Å²) in [5.74, 6) is 5.77. The molecule has 2 rings (SSSR count). The quantitative estimate of drug-likeness (QED) is 0.647. The topological polar surface area (TPSA) is 50.5 Å². The third kappa shape index (κ3) is 2.91. The molecule has 0 amide bonds. The highest BCUT2D eigenvalue weighted by atomic mass is 19.1. The van der Waals surface area contributed by atoms with Crippen LogP contribution in [0.15, 0.2) is 18.2 Å². The lowest BCUT2D eigenvalue weighted by atomic mass is 9.73. The van der Waals surface area contributed by atoms with E-state index < -0.39 is 0 Å². The lowest BCUT2D eigenvalue weighted by Crippen LogP contribution is -2.56. The molecule has 4 nitrogen and oxygen atoms in total. The van der Waals surface area contributed by atoms with E-state index in [4.69, 9.17) is 10.6 Å². The predicted molar refractivity (Wildman–Crippen MR) is 82.5 cm³/mol. The number of benzene rings is 1. The minimum atomic E-state index is -0.324. The lowest BCUT2D eigenvalue weighted by Gasteiger charge is -2.48. The average Bonchev–Trinajstić information content (AvgIpc) is 2.50. The number of hydrogen-bond donors (Lipinski definition) is 2. The molecule has 1 aromatic rings. The molecule has 1 aliphatic rings. The maximum absolute atomic E-state index is 14.7. The van der Waals surface area contributed by atoms with Crippen molar-refractivity contribution in [2.24, 2.45) is 5.84 Å². The summed E-state index contributed by atoms with van der Waals surface area (Å²) < 4.78 is 19.8. The highest BCUT2D eigenvalue weighted by Crippen LogP contribution is 2.43. The van der Waals surface area contributed by atoms with Crippen LogP contribution < -0.4 is 16.0 Å². The van der Waals surface area contributed by atoms with Gasteiger partial charge in [-0.15, -0.1) is 0 Å². The van der Waals surface area contributed by atoms with Crippen molar-refractivity contribution in [3.63, 3.8) is 0 Å². The van der Waals surface area contributed by atoms with E-state index in [9.17, 15) is 4.39 Å². The molecular formula is C16H26FN3O. The van der Waals surface area contributed by atoms with Crippen molar-refractivity contribution < 1.29 is 9.13 Å². The highest BCUT2D eigenvalue weighted by Gasteiger charge is 2.43. The Morgan fingerprint density at radius 2 is 1.95 bits per heavy atom. The Hall–Kier alpha value is -1.17. The van der Waals surface area contributed by atoms with E-state index in [1.165, 1.54) is 13.5 Å². The minimum absolute atomic E-state index is 0.166. The largest absolute Gasteiger partial charge is 0.494 e. The number of nitrogens with two attached hydrogens (primary N) is 1. The van der Waals surface area contributed by atoms with Gasteiger partial charge in [-0.05, 0) is 33.0 Å². The smallest absolute Gasteiger partial charge is 0.169 e. The van der Waals surface area contributed by atoms with Crippen LogP contribution in [0.5, 0.6) is 5.75 Å². The maximum atomic E-state index is 14.7. The van der Waals surface area contributed by atoms with Crippen LogP contribution >= 0.6 is 0 Å². The summed E-state index contributed by atoms with van der Waals surface area (Å²) in [6, 6.07) is 4.98. The molecule has 0 bridgehead atoms. The molecule has 0 heterocycles. The van der Waals surface area contributed by atoms with E-state index >= 15 is 0 Å². The second-order valence-corrected chi connectivity index (χ2v) is 6.02. The van der Waals surface area contributed by atoms with Gasteiger partial charge in [0.25, 0.3) is 0 Å². The Balaban J connectivity index is 2.46. The third-order valence-electron chi connectivity index (χ3n) is 4.84. The number of hydrogen-bond acceptors (Lipinski definition) is 4. The highest BCUT2D eigenvalue weighted by molar-refractivity contribution is 5.35. The number of nitrogens with one attached hydrogen (secondary N) is 1. The van der Waals surface area contributed by atoms with Crippen molar-refractivity contribution in [1.82, 2.24) is 10.3 Å². The summed E-state index contributed by atoms with van der Waals surface area (Å²) in [7, 11) is 5.58. The first-order valence-electron chi connectivity index (χ1n) is 7.53. The Bertz CT molecular complexity index is 473. The minimum Gasteiger partial charge on any atom is -0.494 e. The zero-order valence-corrected chi connectivity index (χ0v) is 13.2. The van der Waals surface area contributed by atoms with Crippen LogP contribution in [0, 0.1) is 5.82 Å². The van der Waals surface area contributed by atoms with E-state index in [1.54, 1.807) is 12.1 Å². The van der Waals surface area contributed by atoms with Gasteiger partial charge in [0.15, 0.2) is 11.6 Å². The Morgan fingerprint density at radius 1 is 1.29 bits per heavy atom. The predicted octanol–water partition coefficient (Wildman–Crippen LogP) is 2.60. The Kier molecular flexibility index (Phi) is 5.19. The van der Waals surface area contributed by atoms with E-state index in [-0.39, 0.29) is 23.1 Å². The molecule has 0 aromatic heterocycles. The maximum Gasteiger partial charge on any atom is 0.169 e. The van der Waals surface area contributed by atoms with E-state index in [2.05, 4.69) is 10.3 Å². The molecule has 118 valence electrons. The average molecular weight is 295 g/mol. The monoisotopic (exact) mass is 295 g/mol. The van der Waals surface area contributed by atoms with Crippen molar-refractivity contribution in [3.05, 3.63) is 29.6 Å². The summed E-state index contributed by atoms with van der Waals surface area (Å²) in [5.41, 5.74) is 3.28. The van der Waals surface area contributed by atoms with Crippen LogP contribution in [-0.4, -0.2) is 31.6 Å². The number of likely N-dealkylation sites (N-methyl/N-ethyl adjacent to an activating group) is 1. The number of rotatable bonds is 5. The van der Waals surface area contributed by atoms with Crippen molar-refractivity contribution in [2.75, 3.05) is 21.2 Å². The van der Waals surface area contributed by atoms with Gasteiger partial charge in [0, 0.05) is 11.1 Å². The van der Waals surface area contributed by atoms with Crippen LogP contribution in [0.25, 0.3) is 0 Å². The SMILES string of the molecule is COc1cccc(C(NN)C2(N(C)C)CCCCC2)c1F. The van der Waals surface area contributed by atoms with Crippen LogP contribution in [0.1, 0.15) is 43.7 Å². The van der Waals surface area contributed by atoms with Gasteiger partial charge < -0.3 is 9.64 Å². The standard InChI is InChI=1S/C16H26FN3O/c1-20(2)16(10-5-4-6-11-16)15(19-18)12-8-7-9-13(21-3)14(12)17/h7-9,15,19H,4-6,10-11,18H2,1-3H3. The van der Waals surface area contributed by atoms with Crippen molar-refractivity contribution in [1.29, 1.82) is 0 Å². The van der Waals surface area contributed by atoms with E-state index in [1.807, 2.05) is 20.2 Å². The molecule has 1 aromatic carbocycles. The van der Waals surface area contributed by atoms with Crippen molar-refractivity contribution in [2.45, 2.75) is 43.7 Å². The van der Waals surface area contributed by atoms with Gasteiger partial charge in [0.2, 0.25) is 0 Å². The van der Waals surface area contributed by atoms with Crippen LogP contribution in [-0.2, 0) is 0 Å². The summed E-state index contributed by atoms with van der Waals surface area (Å²) in [6.45, 7) is 0. The molecule has 3 N–H and O–H groups in total. The fourth-order valence-electron chi connectivity index (χ4n) is 3.60. The zero-order chi connectivity index (χ0) is 15.5. The Labute approximate surface area is 126 Å². The fourth-order valence-corrected chi connectivity index (χ4v) is 3.60. The molecule has 1 aliphatic carbocycles. The third-order valence-corrected chi connectivity index (χ3v) is 4.84. The number of hydrazine groups is 1. The van der Waals surface area contributed by atoms with Crippen molar-refractivity contribution >= 4 is 0 Å². The number of methoxy groups -OCH3 is 1. The summed E-state index contributed by atoms with van der Waals surface area (Å²) >= 11 is 0. The molecule has 1 saturated carbocycles. The molecule has 5 heteroatoms. The second kappa shape index (κ2) is 6.73. The van der Waals surface area contributed by atoms with Crippen LogP contribution in [0.4, 0.5) is 4.39 Å². The van der Waals surface area contributed by atoms with Gasteiger partial charge in [-0.25, -0.2) is 4.39 Å². The van der Waals surface area contributed by atoms with E-state index in [0.717, 1.165) is 25.7 Å². The van der Waals surface area contributed by atoms with Gasteiger partial charge in [-0.3, -0.25) is 11.3 Å². The van der Waals surface area contributed by atoms with Crippen molar-refractivity contribution in [3.8, 4) is 5.75 Å². The molecule has 0 radical (unpaired) electrons. The van der Waals surface area contributed by atoms with Gasteiger partial charge in [0.1, 0.15) is 0 Å². The molecule has 0 spiro atoms. The van der Waals surface area contributed by atoms with Gasteiger partial charge >= 0.3 is 0 Å². The summed E-state index contributed by atoms with van der Waals surface area (Å²) in [5, 5.41) is 0. The first-order chi connectivity index (χ1) is 10.1. The Morgan fingerprint density at radius 3 is 2.48 bits per heavy atom. The fraction of sp³-hybridized carbons (Fsp3) is 0.625. The molecule has 1 fully saturated rings. The molecule has 21 heavy (non-hydrogen) atoms. The number of halogens is 1. The zero-order valence-electron chi connectivity index (χ0n) is 13.2. The van der Waals surface area contributed by atoms with Gasteiger partial charge in [-0.2, -0.15) is 0 Å². The molecule has 0 saturated heterocycles. The second-order valence-electron chi connectivity index (χ2n) is 6.02. The number of nitrogens with zero attached hydrogens (tertiary/aromatic N) is 1. The van der Waals surface area contributed by atoms with Gasteiger partial charge in [-0.1, -0.05) is 31.4 Å². The molecule has 1 atom stereocenters. The number of ether oxygens (including phenoxy) is 1. The molecule has 1 unspecified atom stereocenters.